The highest BCUT2D eigenvalue weighted by Gasteiger charge is 2.16. The highest BCUT2D eigenvalue weighted by molar-refractivity contribution is 6.04. The Morgan fingerprint density at radius 2 is 1.83 bits per heavy atom. The van der Waals surface area contributed by atoms with Crippen molar-refractivity contribution >= 4 is 17.4 Å². The number of rotatable bonds is 2. The van der Waals surface area contributed by atoms with Crippen molar-refractivity contribution in [1.82, 2.24) is 10.2 Å². The van der Waals surface area contributed by atoms with Gasteiger partial charge in [-0.15, -0.1) is 0 Å². The number of nitrogens with two attached hydrogens (primary N) is 1. The molecule has 0 aliphatic rings. The summed E-state index contributed by atoms with van der Waals surface area (Å²) in [5, 5.41) is 6.37. The van der Waals surface area contributed by atoms with E-state index >= 15 is 0 Å². The molecule has 2 rings (SSSR count). The van der Waals surface area contributed by atoms with Crippen molar-refractivity contribution in [3.8, 4) is 0 Å². The molecule has 5 heteroatoms. The number of nitrogen functional groups attached to an aromatic ring is 1. The lowest BCUT2D eigenvalue weighted by Crippen LogP contribution is -2.26. The van der Waals surface area contributed by atoms with Gasteiger partial charge in [0.25, 0.3) is 5.91 Å². The topological polar surface area (TPSA) is 75.0 Å². The average molecular weight is 244 g/mol. The fourth-order valence-corrected chi connectivity index (χ4v) is 1.89. The van der Waals surface area contributed by atoms with Gasteiger partial charge in [0.1, 0.15) is 11.5 Å². The molecule has 0 saturated carbocycles. The second-order valence-corrected chi connectivity index (χ2v) is 4.42. The number of amides is 1. The highest BCUT2D eigenvalue weighted by atomic mass is 16.2. The van der Waals surface area contributed by atoms with Gasteiger partial charge in [-0.2, -0.15) is 5.10 Å². The minimum absolute atomic E-state index is 0.163. The number of hydrogen-bond acceptors (Lipinski definition) is 3. The van der Waals surface area contributed by atoms with Gasteiger partial charge in [-0.1, -0.05) is 6.07 Å². The zero-order valence-corrected chi connectivity index (χ0v) is 10.7. The molecular weight excluding hydrogens is 228 g/mol. The van der Waals surface area contributed by atoms with Crippen LogP contribution in [-0.2, 0) is 0 Å². The monoisotopic (exact) mass is 244 g/mol. The molecule has 0 unspecified atom stereocenters. The van der Waals surface area contributed by atoms with Crippen LogP contribution in [0.15, 0.2) is 24.3 Å². The maximum atomic E-state index is 12.2. The second-order valence-electron chi connectivity index (χ2n) is 4.42. The van der Waals surface area contributed by atoms with Gasteiger partial charge in [0.2, 0.25) is 0 Å². The third kappa shape index (κ3) is 2.34. The lowest BCUT2D eigenvalue weighted by atomic mass is 10.1. The smallest absolute Gasteiger partial charge is 0.276 e. The number of carbonyl (C=O) groups is 1. The van der Waals surface area contributed by atoms with Crippen molar-refractivity contribution in [2.24, 2.45) is 0 Å². The number of aromatic nitrogens is 2. The molecule has 0 saturated heterocycles. The number of aryl methyl sites for hydroxylation is 2. The quantitative estimate of drug-likeness (QED) is 0.847. The molecule has 18 heavy (non-hydrogen) atoms. The molecule has 0 aliphatic heterocycles. The van der Waals surface area contributed by atoms with E-state index in [9.17, 15) is 4.79 Å². The van der Waals surface area contributed by atoms with Crippen LogP contribution in [0.1, 0.15) is 21.6 Å². The molecule has 0 atom stereocenters. The Bertz CT molecular complexity index is 568. The minimum atomic E-state index is -0.163. The molecule has 1 heterocycles. The fraction of sp³-hybridized carbons (Fsp3) is 0.231. The first-order valence-corrected chi connectivity index (χ1v) is 5.64. The first kappa shape index (κ1) is 12.2. The maximum Gasteiger partial charge on any atom is 0.276 e. The van der Waals surface area contributed by atoms with E-state index in [1.807, 2.05) is 26.0 Å². The molecule has 0 radical (unpaired) electrons. The van der Waals surface area contributed by atoms with Crippen LogP contribution in [0.4, 0.5) is 11.5 Å². The minimum Gasteiger partial charge on any atom is -0.382 e. The van der Waals surface area contributed by atoms with Gasteiger partial charge in [-0.05, 0) is 37.1 Å². The predicted octanol–water partition coefficient (Wildman–Crippen LogP) is 1.89. The van der Waals surface area contributed by atoms with E-state index in [0.717, 1.165) is 16.8 Å². The summed E-state index contributed by atoms with van der Waals surface area (Å²) in [5.41, 5.74) is 8.96. The van der Waals surface area contributed by atoms with Crippen molar-refractivity contribution in [3.05, 3.63) is 41.1 Å². The zero-order chi connectivity index (χ0) is 13.3. The molecule has 0 aliphatic carbocycles. The molecule has 1 aromatic heterocycles. The Morgan fingerprint density at radius 3 is 2.33 bits per heavy atom. The molecule has 0 spiro atoms. The van der Waals surface area contributed by atoms with Crippen molar-refractivity contribution in [2.45, 2.75) is 13.8 Å². The number of nitrogens with one attached hydrogen (secondary N) is 1. The number of nitrogens with zero attached hydrogens (tertiary/aromatic N) is 2. The summed E-state index contributed by atoms with van der Waals surface area (Å²) in [6.45, 7) is 4.01. The summed E-state index contributed by atoms with van der Waals surface area (Å²) in [6.07, 6.45) is 0. The van der Waals surface area contributed by atoms with Crippen molar-refractivity contribution < 1.29 is 4.79 Å². The Labute approximate surface area is 106 Å². The molecule has 1 aromatic carbocycles. The molecule has 0 bridgehead atoms. The van der Waals surface area contributed by atoms with E-state index in [1.54, 1.807) is 11.9 Å². The molecule has 5 nitrogen and oxygen atoms in total. The van der Waals surface area contributed by atoms with Crippen LogP contribution >= 0.6 is 0 Å². The molecule has 2 aromatic rings. The first-order chi connectivity index (χ1) is 8.47. The predicted molar refractivity (Wildman–Crippen MR) is 71.6 cm³/mol. The normalized spacial score (nSPS) is 10.4. The van der Waals surface area contributed by atoms with Crippen molar-refractivity contribution in [3.63, 3.8) is 0 Å². The summed E-state index contributed by atoms with van der Waals surface area (Å²) in [7, 11) is 1.73. The van der Waals surface area contributed by atoms with Crippen LogP contribution in [0.2, 0.25) is 0 Å². The third-order valence-corrected chi connectivity index (χ3v) is 2.73. The number of anilines is 2. The lowest BCUT2D eigenvalue weighted by molar-refractivity contribution is 0.0988. The van der Waals surface area contributed by atoms with Crippen LogP contribution in [0.25, 0.3) is 0 Å². The summed E-state index contributed by atoms with van der Waals surface area (Å²) in [4.78, 5) is 13.8. The van der Waals surface area contributed by atoms with Gasteiger partial charge in [-0.3, -0.25) is 9.89 Å². The van der Waals surface area contributed by atoms with Crippen molar-refractivity contribution in [2.75, 3.05) is 17.7 Å². The van der Waals surface area contributed by atoms with Gasteiger partial charge < -0.3 is 10.6 Å². The SMILES string of the molecule is Cc1cc(C)cc(N(C)C(=O)c2cc(N)n[nH]2)c1. The molecular formula is C13H16N4O. The van der Waals surface area contributed by atoms with Crippen LogP contribution in [0, 0.1) is 13.8 Å². The van der Waals surface area contributed by atoms with E-state index < -0.39 is 0 Å². The maximum absolute atomic E-state index is 12.2. The fourth-order valence-electron chi connectivity index (χ4n) is 1.89. The van der Waals surface area contributed by atoms with Crippen LogP contribution in [0.5, 0.6) is 0 Å². The Kier molecular flexibility index (Phi) is 3.06. The Hall–Kier alpha value is -2.30. The largest absolute Gasteiger partial charge is 0.382 e. The second kappa shape index (κ2) is 4.52. The van der Waals surface area contributed by atoms with E-state index in [4.69, 9.17) is 5.73 Å². The summed E-state index contributed by atoms with van der Waals surface area (Å²) < 4.78 is 0. The molecule has 0 fully saturated rings. The van der Waals surface area contributed by atoms with Crippen LogP contribution in [-0.4, -0.2) is 23.2 Å². The van der Waals surface area contributed by atoms with E-state index in [2.05, 4.69) is 16.3 Å². The Balaban J connectivity index is 2.30. The first-order valence-electron chi connectivity index (χ1n) is 5.64. The third-order valence-electron chi connectivity index (χ3n) is 2.73. The molecule has 3 N–H and O–H groups in total. The van der Waals surface area contributed by atoms with Gasteiger partial charge in [0.05, 0.1) is 0 Å². The Morgan fingerprint density at radius 1 is 1.22 bits per heavy atom. The van der Waals surface area contributed by atoms with Gasteiger partial charge in [-0.25, -0.2) is 0 Å². The highest BCUT2D eigenvalue weighted by Crippen LogP contribution is 2.19. The van der Waals surface area contributed by atoms with Crippen LogP contribution < -0.4 is 10.6 Å². The van der Waals surface area contributed by atoms with Gasteiger partial charge in [0.15, 0.2) is 0 Å². The number of benzene rings is 1. The zero-order valence-electron chi connectivity index (χ0n) is 10.7. The average Bonchev–Trinajstić information content (AvgIpc) is 2.72. The number of aromatic amines is 1. The van der Waals surface area contributed by atoms with Crippen LogP contribution in [0.3, 0.4) is 0 Å². The summed E-state index contributed by atoms with van der Waals surface area (Å²) >= 11 is 0. The van der Waals surface area contributed by atoms with E-state index in [1.165, 1.54) is 6.07 Å². The summed E-state index contributed by atoms with van der Waals surface area (Å²) in [5.74, 6) is 0.149. The summed E-state index contributed by atoms with van der Waals surface area (Å²) in [6, 6.07) is 7.52. The molecule has 1 amide bonds. The molecule has 94 valence electrons. The van der Waals surface area contributed by atoms with E-state index in [0.29, 0.717) is 11.5 Å². The van der Waals surface area contributed by atoms with Gasteiger partial charge >= 0.3 is 0 Å². The number of H-pyrrole nitrogens is 1. The van der Waals surface area contributed by atoms with Crippen molar-refractivity contribution in [1.29, 1.82) is 0 Å². The number of carbonyl (C=O) groups excluding carboxylic acids is 1. The standard InChI is InChI=1S/C13H16N4O/c1-8-4-9(2)6-10(5-8)17(3)13(18)11-7-12(14)16-15-11/h4-7H,1-3H3,(H3,14,15,16). The van der Waals surface area contributed by atoms with Gasteiger partial charge in [0, 0.05) is 18.8 Å². The van der Waals surface area contributed by atoms with E-state index in [-0.39, 0.29) is 5.91 Å². The lowest BCUT2D eigenvalue weighted by Gasteiger charge is -2.17. The number of hydrogen-bond donors (Lipinski definition) is 2.